The minimum absolute atomic E-state index is 0.00612. The molecule has 16 heavy (non-hydrogen) atoms. The number of thioether (sulfide) groups is 1. The van der Waals surface area contributed by atoms with E-state index in [1.165, 1.54) is 23.5 Å². The second kappa shape index (κ2) is 5.38. The van der Waals surface area contributed by atoms with Gasteiger partial charge in [-0.2, -0.15) is 11.8 Å². The van der Waals surface area contributed by atoms with Crippen LogP contribution in [0, 0.1) is 0 Å². The van der Waals surface area contributed by atoms with Crippen molar-refractivity contribution in [3.63, 3.8) is 0 Å². The van der Waals surface area contributed by atoms with Crippen molar-refractivity contribution in [3.8, 4) is 0 Å². The van der Waals surface area contributed by atoms with E-state index < -0.39 is 0 Å². The van der Waals surface area contributed by atoms with Crippen molar-refractivity contribution in [1.82, 2.24) is 4.98 Å². The lowest BCUT2D eigenvalue weighted by atomic mass is 10.2. The quantitative estimate of drug-likeness (QED) is 0.625. The second-order valence-electron chi connectivity index (χ2n) is 3.70. The first-order valence-electron chi connectivity index (χ1n) is 5.07. The number of anilines is 1. The minimum Gasteiger partial charge on any atom is -0.347 e. The Balaban J connectivity index is 2.08. The Morgan fingerprint density at radius 3 is 3.19 bits per heavy atom. The Hall–Kier alpha value is -0.260. The molecular weight excluding hydrogens is 264 g/mol. The Morgan fingerprint density at radius 2 is 2.56 bits per heavy atom. The van der Waals surface area contributed by atoms with Gasteiger partial charge < -0.3 is 4.90 Å². The molecule has 88 valence electrons. The maximum absolute atomic E-state index is 11.4. The van der Waals surface area contributed by atoms with Gasteiger partial charge in [-0.3, -0.25) is 4.79 Å². The number of aromatic nitrogens is 1. The lowest BCUT2D eigenvalue weighted by Crippen LogP contribution is -2.31. The Morgan fingerprint density at radius 1 is 1.75 bits per heavy atom. The van der Waals surface area contributed by atoms with Crippen LogP contribution >= 0.6 is 34.7 Å². The molecule has 1 atom stereocenters. The molecule has 0 aromatic carbocycles. The first kappa shape index (κ1) is 12.2. The molecule has 0 radical (unpaired) electrons. The van der Waals surface area contributed by atoms with Crippen LogP contribution in [0.2, 0.25) is 0 Å². The van der Waals surface area contributed by atoms with Gasteiger partial charge in [-0.15, -0.1) is 22.9 Å². The standard InChI is InChI=1S/C10H13ClN2OS2/c1-13(7-2-3-15-5-7)10-12-8(6-16-10)9(14)4-11/h6-7H,2-5H2,1H3. The van der Waals surface area contributed by atoms with Crippen molar-refractivity contribution < 1.29 is 4.79 Å². The fourth-order valence-electron chi connectivity index (χ4n) is 1.61. The number of thiazole rings is 1. The summed E-state index contributed by atoms with van der Waals surface area (Å²) < 4.78 is 0. The van der Waals surface area contributed by atoms with E-state index in [0.717, 1.165) is 10.9 Å². The molecule has 0 saturated carbocycles. The number of Topliss-reactive ketones (excluding diaryl/α,β-unsaturated/α-hetero) is 1. The van der Waals surface area contributed by atoms with E-state index in [2.05, 4.69) is 9.88 Å². The number of hydrogen-bond donors (Lipinski definition) is 0. The number of carbonyl (C=O) groups is 1. The minimum atomic E-state index is -0.0987. The fraction of sp³-hybridized carbons (Fsp3) is 0.600. The van der Waals surface area contributed by atoms with Crippen LogP contribution in [-0.2, 0) is 0 Å². The molecule has 1 aliphatic rings. The molecular formula is C10H13ClN2OS2. The van der Waals surface area contributed by atoms with E-state index in [1.54, 1.807) is 5.38 Å². The number of nitrogens with zero attached hydrogens (tertiary/aromatic N) is 2. The van der Waals surface area contributed by atoms with Crippen molar-refractivity contribution in [2.24, 2.45) is 0 Å². The molecule has 1 fully saturated rings. The van der Waals surface area contributed by atoms with Crippen LogP contribution in [0.5, 0.6) is 0 Å². The van der Waals surface area contributed by atoms with E-state index in [-0.39, 0.29) is 11.7 Å². The topological polar surface area (TPSA) is 33.2 Å². The molecule has 1 unspecified atom stereocenters. The summed E-state index contributed by atoms with van der Waals surface area (Å²) >= 11 is 8.98. The van der Waals surface area contributed by atoms with Crippen molar-refractivity contribution in [2.45, 2.75) is 12.5 Å². The maximum atomic E-state index is 11.4. The highest BCUT2D eigenvalue weighted by Crippen LogP contribution is 2.28. The monoisotopic (exact) mass is 276 g/mol. The van der Waals surface area contributed by atoms with Crippen molar-refractivity contribution in [1.29, 1.82) is 0 Å². The highest BCUT2D eigenvalue weighted by Gasteiger charge is 2.22. The lowest BCUT2D eigenvalue weighted by Gasteiger charge is -2.22. The zero-order chi connectivity index (χ0) is 11.5. The molecule has 2 heterocycles. The summed E-state index contributed by atoms with van der Waals surface area (Å²) in [6.45, 7) is 0. The van der Waals surface area contributed by atoms with Crippen LogP contribution in [0.25, 0.3) is 0 Å². The van der Waals surface area contributed by atoms with E-state index in [0.29, 0.717) is 11.7 Å². The van der Waals surface area contributed by atoms with E-state index in [9.17, 15) is 4.79 Å². The fourth-order valence-corrected chi connectivity index (χ4v) is 3.88. The Labute approximate surface area is 108 Å². The smallest absolute Gasteiger partial charge is 0.196 e. The Kier molecular flexibility index (Phi) is 4.10. The molecule has 1 aliphatic heterocycles. The van der Waals surface area contributed by atoms with Crippen LogP contribution in [-0.4, -0.2) is 41.2 Å². The maximum Gasteiger partial charge on any atom is 0.196 e. The third kappa shape index (κ3) is 2.52. The largest absolute Gasteiger partial charge is 0.347 e. The molecule has 6 heteroatoms. The second-order valence-corrected chi connectivity index (χ2v) is 5.95. The van der Waals surface area contributed by atoms with Gasteiger partial charge in [0.1, 0.15) is 5.69 Å². The SMILES string of the molecule is CN(c1nc(C(=O)CCl)cs1)C1CCSC1. The predicted molar refractivity (Wildman–Crippen MR) is 71.3 cm³/mol. The van der Waals surface area contributed by atoms with Crippen LogP contribution < -0.4 is 4.90 Å². The van der Waals surface area contributed by atoms with Gasteiger partial charge >= 0.3 is 0 Å². The summed E-state index contributed by atoms with van der Waals surface area (Å²) in [7, 11) is 2.05. The van der Waals surface area contributed by atoms with Crippen LogP contribution in [0.3, 0.4) is 0 Å². The molecule has 2 rings (SSSR count). The summed E-state index contributed by atoms with van der Waals surface area (Å²) in [6, 6.07) is 0.551. The molecule has 1 aromatic heterocycles. The third-order valence-corrected chi connectivity index (χ3v) is 4.97. The summed E-state index contributed by atoms with van der Waals surface area (Å²) in [5.74, 6) is 2.27. The summed E-state index contributed by atoms with van der Waals surface area (Å²) in [5.41, 5.74) is 0.493. The van der Waals surface area contributed by atoms with Crippen LogP contribution in [0.1, 0.15) is 16.9 Å². The Bertz CT molecular complexity index is 377. The number of alkyl halides is 1. The molecule has 0 aliphatic carbocycles. The number of halogens is 1. The van der Waals surface area contributed by atoms with E-state index in [1.807, 2.05) is 18.8 Å². The normalized spacial score (nSPS) is 20.0. The van der Waals surface area contributed by atoms with E-state index in [4.69, 9.17) is 11.6 Å². The molecule has 0 spiro atoms. The number of hydrogen-bond acceptors (Lipinski definition) is 5. The van der Waals surface area contributed by atoms with Crippen LogP contribution in [0.4, 0.5) is 5.13 Å². The average Bonchev–Trinajstić information content (AvgIpc) is 2.97. The zero-order valence-electron chi connectivity index (χ0n) is 8.98. The lowest BCUT2D eigenvalue weighted by molar-refractivity contribution is 0.101. The van der Waals surface area contributed by atoms with Gasteiger partial charge in [-0.25, -0.2) is 4.98 Å². The molecule has 0 amide bonds. The first-order valence-corrected chi connectivity index (χ1v) is 7.64. The van der Waals surface area contributed by atoms with E-state index >= 15 is 0 Å². The highest BCUT2D eigenvalue weighted by molar-refractivity contribution is 7.99. The van der Waals surface area contributed by atoms with Gasteiger partial charge in [0.05, 0.1) is 5.88 Å². The zero-order valence-corrected chi connectivity index (χ0v) is 11.4. The average molecular weight is 277 g/mol. The summed E-state index contributed by atoms with van der Waals surface area (Å²) in [4.78, 5) is 17.9. The highest BCUT2D eigenvalue weighted by atomic mass is 35.5. The van der Waals surface area contributed by atoms with Gasteiger partial charge in [0, 0.05) is 24.2 Å². The first-order chi connectivity index (χ1) is 7.72. The molecule has 3 nitrogen and oxygen atoms in total. The van der Waals surface area contributed by atoms with Crippen molar-refractivity contribution >= 4 is 45.6 Å². The third-order valence-electron chi connectivity index (χ3n) is 2.65. The van der Waals surface area contributed by atoms with Crippen molar-refractivity contribution in [3.05, 3.63) is 11.1 Å². The summed E-state index contributed by atoms with van der Waals surface area (Å²) in [5, 5.41) is 2.71. The van der Waals surface area contributed by atoms with Gasteiger partial charge in [-0.1, -0.05) is 0 Å². The summed E-state index contributed by atoms with van der Waals surface area (Å²) in [6.07, 6.45) is 1.19. The van der Waals surface area contributed by atoms with Gasteiger partial charge in [0.25, 0.3) is 0 Å². The van der Waals surface area contributed by atoms with Gasteiger partial charge in [0.2, 0.25) is 0 Å². The van der Waals surface area contributed by atoms with Gasteiger partial charge in [0.15, 0.2) is 10.9 Å². The molecule has 1 saturated heterocycles. The number of rotatable bonds is 4. The van der Waals surface area contributed by atoms with Crippen molar-refractivity contribution in [2.75, 3.05) is 29.3 Å². The molecule has 0 bridgehead atoms. The van der Waals surface area contributed by atoms with Gasteiger partial charge in [-0.05, 0) is 12.2 Å². The molecule has 0 N–H and O–H groups in total. The number of carbonyl (C=O) groups excluding carboxylic acids is 1. The van der Waals surface area contributed by atoms with Crippen LogP contribution in [0.15, 0.2) is 5.38 Å². The molecule has 1 aromatic rings. The predicted octanol–water partition coefficient (Wildman–Crippen LogP) is 2.51. The number of ketones is 1.